The largest absolute Gasteiger partial charge is 0.353 e. The van der Waals surface area contributed by atoms with Gasteiger partial charge in [-0.15, -0.1) is 0 Å². The number of fused-ring (bicyclic) bond motifs is 1. The highest BCUT2D eigenvalue weighted by atomic mass is 16.5. The van der Waals surface area contributed by atoms with E-state index >= 15 is 0 Å². The van der Waals surface area contributed by atoms with Gasteiger partial charge < -0.3 is 20.1 Å². The number of likely N-dealkylation sites (N-methyl/N-ethyl adjacent to an activating group) is 2. The van der Waals surface area contributed by atoms with Crippen LogP contribution in [0.5, 0.6) is 0 Å². The summed E-state index contributed by atoms with van der Waals surface area (Å²) in [6.07, 6.45) is 5.09. The van der Waals surface area contributed by atoms with Gasteiger partial charge in [-0.3, -0.25) is 14.6 Å². The summed E-state index contributed by atoms with van der Waals surface area (Å²) in [5, 5.41) is 14.2. The maximum atomic E-state index is 13.5. The second kappa shape index (κ2) is 12.5. The molecule has 0 spiro atoms. The first-order valence-corrected chi connectivity index (χ1v) is 13.5. The van der Waals surface area contributed by atoms with E-state index in [1.807, 2.05) is 44.0 Å². The summed E-state index contributed by atoms with van der Waals surface area (Å²) in [5.41, 5.74) is 2.55. The first-order chi connectivity index (χ1) is 17.9. The van der Waals surface area contributed by atoms with Crippen LogP contribution in [-0.2, 0) is 9.59 Å². The van der Waals surface area contributed by atoms with E-state index in [0.717, 1.165) is 36.4 Å². The van der Waals surface area contributed by atoms with Gasteiger partial charge in [0.25, 0.3) is 5.91 Å². The van der Waals surface area contributed by atoms with Crippen molar-refractivity contribution in [1.29, 1.82) is 0 Å². The fraction of sp³-hybridized carbons (Fsp3) is 0.630. The number of hydrogen-bond donors (Lipinski definition) is 2. The van der Waals surface area contributed by atoms with Crippen LogP contribution in [0.1, 0.15) is 44.1 Å². The van der Waals surface area contributed by atoms with Gasteiger partial charge in [0.1, 0.15) is 0 Å². The summed E-state index contributed by atoms with van der Waals surface area (Å²) >= 11 is 0. The van der Waals surface area contributed by atoms with Crippen LogP contribution in [0.2, 0.25) is 0 Å². The molecule has 4 rings (SSSR count). The second-order valence-corrected chi connectivity index (χ2v) is 10.3. The number of rotatable bonds is 11. The van der Waals surface area contributed by atoms with Crippen LogP contribution in [-0.4, -0.2) is 84.8 Å². The van der Waals surface area contributed by atoms with Gasteiger partial charge in [0.15, 0.2) is 0 Å². The van der Waals surface area contributed by atoms with E-state index in [0.29, 0.717) is 36.6 Å². The minimum Gasteiger partial charge on any atom is -0.353 e. The van der Waals surface area contributed by atoms with Crippen molar-refractivity contribution in [2.45, 2.75) is 46.5 Å². The lowest BCUT2D eigenvalue weighted by Crippen LogP contribution is -2.49. The van der Waals surface area contributed by atoms with Crippen molar-refractivity contribution < 1.29 is 14.1 Å². The minimum absolute atomic E-state index is 0.0284. The van der Waals surface area contributed by atoms with Crippen molar-refractivity contribution in [1.82, 2.24) is 30.8 Å². The summed E-state index contributed by atoms with van der Waals surface area (Å²) in [6.45, 7) is 9.89. The highest BCUT2D eigenvalue weighted by Crippen LogP contribution is 2.36. The van der Waals surface area contributed by atoms with E-state index in [9.17, 15) is 9.59 Å². The van der Waals surface area contributed by atoms with Gasteiger partial charge in [0.2, 0.25) is 17.6 Å². The molecule has 2 aliphatic rings. The van der Waals surface area contributed by atoms with Gasteiger partial charge in [0, 0.05) is 51.4 Å². The van der Waals surface area contributed by atoms with Crippen molar-refractivity contribution in [2.75, 3.05) is 57.8 Å². The number of nitrogens with one attached hydrogen (secondary N) is 2. The molecule has 10 nitrogen and oxygen atoms in total. The molecule has 37 heavy (non-hydrogen) atoms. The first-order valence-electron chi connectivity index (χ1n) is 13.5. The molecule has 1 saturated heterocycles. The molecular weight excluding hydrogens is 470 g/mol. The number of nitrogens with zero attached hydrogens (tertiary/aromatic N) is 5. The molecule has 1 aliphatic heterocycles. The fourth-order valence-corrected chi connectivity index (χ4v) is 5.48. The van der Waals surface area contributed by atoms with Crippen LogP contribution < -0.4 is 15.5 Å². The third-order valence-electron chi connectivity index (χ3n) is 7.61. The summed E-state index contributed by atoms with van der Waals surface area (Å²) < 4.78 is 5.16. The maximum absolute atomic E-state index is 13.5. The predicted molar refractivity (Wildman–Crippen MR) is 143 cm³/mol. The summed E-state index contributed by atoms with van der Waals surface area (Å²) in [5.74, 6) is 2.17. The van der Waals surface area contributed by atoms with Gasteiger partial charge in [-0.25, -0.2) is 5.01 Å². The van der Waals surface area contributed by atoms with Crippen LogP contribution in [0.15, 0.2) is 22.7 Å². The molecule has 0 bridgehead atoms. The molecule has 10 heteroatoms. The number of carbonyl (C=O) groups is 2. The van der Waals surface area contributed by atoms with E-state index in [1.54, 1.807) is 11.9 Å². The Bertz CT molecular complexity index is 1060. The Morgan fingerprint density at radius 1 is 1.11 bits per heavy atom. The van der Waals surface area contributed by atoms with Gasteiger partial charge in [0.05, 0.1) is 13.1 Å². The Morgan fingerprint density at radius 2 is 1.84 bits per heavy atom. The molecule has 0 radical (unpaired) electrons. The Labute approximate surface area is 219 Å². The normalized spacial score (nSPS) is 19.5. The van der Waals surface area contributed by atoms with E-state index in [-0.39, 0.29) is 24.9 Å². The Kier molecular flexibility index (Phi) is 9.15. The number of carbonyl (C=O) groups excluding carboxylic acids is 2. The molecular formula is C27H41N7O3. The molecule has 2 heterocycles. The molecule has 2 fully saturated rings. The molecule has 1 saturated carbocycles. The zero-order valence-electron chi connectivity index (χ0n) is 22.6. The van der Waals surface area contributed by atoms with Crippen molar-refractivity contribution in [2.24, 2.45) is 11.8 Å². The van der Waals surface area contributed by atoms with Crippen LogP contribution in [0.25, 0.3) is 11.4 Å². The molecule has 2 amide bonds. The Balaban J connectivity index is 1.51. The monoisotopic (exact) mass is 511 g/mol. The highest BCUT2D eigenvalue weighted by molar-refractivity contribution is 5.87. The van der Waals surface area contributed by atoms with Crippen molar-refractivity contribution >= 4 is 17.5 Å². The second-order valence-electron chi connectivity index (χ2n) is 10.3. The molecule has 1 aromatic carbocycles. The zero-order valence-corrected chi connectivity index (χ0v) is 22.6. The number of amides is 2. The first kappa shape index (κ1) is 27.1. The van der Waals surface area contributed by atoms with Crippen molar-refractivity contribution in [3.63, 3.8) is 0 Å². The zero-order chi connectivity index (χ0) is 26.4. The topological polar surface area (TPSA) is 107 Å². The quantitative estimate of drug-likeness (QED) is 0.443. The van der Waals surface area contributed by atoms with Crippen LogP contribution >= 0.6 is 0 Å². The van der Waals surface area contributed by atoms with Crippen molar-refractivity contribution in [3.8, 4) is 11.4 Å². The van der Waals surface area contributed by atoms with Crippen LogP contribution in [0, 0.1) is 25.7 Å². The van der Waals surface area contributed by atoms with E-state index in [1.165, 1.54) is 25.7 Å². The van der Waals surface area contributed by atoms with Gasteiger partial charge >= 0.3 is 0 Å². The lowest BCUT2D eigenvalue weighted by molar-refractivity contribution is -0.142. The molecule has 2 N–H and O–H groups in total. The van der Waals surface area contributed by atoms with E-state index < -0.39 is 0 Å². The average molecular weight is 512 g/mol. The van der Waals surface area contributed by atoms with Crippen molar-refractivity contribution in [3.05, 3.63) is 29.7 Å². The van der Waals surface area contributed by atoms with Gasteiger partial charge in [-0.1, -0.05) is 37.1 Å². The summed E-state index contributed by atoms with van der Waals surface area (Å²) in [7, 11) is 1.86. The molecule has 2 unspecified atom stereocenters. The summed E-state index contributed by atoms with van der Waals surface area (Å²) in [6, 6.07) is 5.83. The van der Waals surface area contributed by atoms with Gasteiger partial charge in [-0.05, 0) is 49.8 Å². The number of hydrazine groups is 1. The molecule has 202 valence electrons. The number of hydrogen-bond acceptors (Lipinski definition) is 8. The molecule has 1 aromatic heterocycles. The molecule has 2 aromatic rings. The number of aromatic nitrogens is 2. The highest BCUT2D eigenvalue weighted by Gasteiger charge is 2.37. The molecule has 2 atom stereocenters. The Morgan fingerprint density at radius 3 is 2.49 bits per heavy atom. The number of aryl methyl sites for hydroxylation is 2. The maximum Gasteiger partial charge on any atom is 0.256 e. The minimum atomic E-state index is -0.124. The van der Waals surface area contributed by atoms with E-state index in [4.69, 9.17) is 4.52 Å². The Hall–Kier alpha value is -2.98. The lowest BCUT2D eigenvalue weighted by Gasteiger charge is -2.32. The standard InChI is InChI=1S/C27H41N7O3/c1-5-28-12-13-29-25(35)17-33(24-14-21(11-10-19(24)2)27-30-20(3)37-31-27)18-26(36)32(4)34-15-22-8-6-7-9-23(22)16-34/h10-11,14,22-23,28H,5-9,12-13,15-18H2,1-4H3,(H,29,35). The van der Waals surface area contributed by atoms with Crippen LogP contribution in [0.4, 0.5) is 5.69 Å². The van der Waals surface area contributed by atoms with E-state index in [2.05, 4.69) is 25.8 Å². The lowest BCUT2D eigenvalue weighted by atomic mass is 9.82. The van der Waals surface area contributed by atoms with Crippen LogP contribution in [0.3, 0.4) is 0 Å². The molecule has 1 aliphatic carbocycles. The SMILES string of the molecule is CCNCCNC(=O)CN(CC(=O)N(C)N1CC2CCCCC2C1)c1cc(-c2noc(C)n2)ccc1C. The summed E-state index contributed by atoms with van der Waals surface area (Å²) in [4.78, 5) is 32.6. The smallest absolute Gasteiger partial charge is 0.256 e. The fourth-order valence-electron chi connectivity index (χ4n) is 5.48. The average Bonchev–Trinajstić information content (AvgIpc) is 3.52. The third-order valence-corrected chi connectivity index (χ3v) is 7.61. The number of anilines is 1. The van der Waals surface area contributed by atoms with Gasteiger partial charge in [-0.2, -0.15) is 4.98 Å². The third kappa shape index (κ3) is 6.87. The number of benzene rings is 1. The predicted octanol–water partition coefficient (Wildman–Crippen LogP) is 2.38.